The molecule has 0 amide bonds. The Labute approximate surface area is 190 Å². The van der Waals surface area contributed by atoms with Crippen LogP contribution in [-0.2, 0) is 4.74 Å². The highest BCUT2D eigenvalue weighted by molar-refractivity contribution is 5.78. The summed E-state index contributed by atoms with van der Waals surface area (Å²) >= 11 is 0. The summed E-state index contributed by atoms with van der Waals surface area (Å²) in [7, 11) is 0. The van der Waals surface area contributed by atoms with Crippen molar-refractivity contribution < 1.29 is 13.5 Å². The maximum atomic E-state index is 13.0. The number of hydrogen-bond acceptors (Lipinski definition) is 6. The Morgan fingerprint density at radius 2 is 1.88 bits per heavy atom. The van der Waals surface area contributed by atoms with E-state index in [1.54, 1.807) is 18.3 Å². The summed E-state index contributed by atoms with van der Waals surface area (Å²) in [4.78, 5) is 11.2. The lowest BCUT2D eigenvalue weighted by Gasteiger charge is -2.37. The topological polar surface area (TPSA) is 68.1 Å². The first-order chi connectivity index (χ1) is 16.0. The third kappa shape index (κ3) is 4.49. The first kappa shape index (κ1) is 21.3. The van der Waals surface area contributed by atoms with Gasteiger partial charge in [-0.15, -0.1) is 0 Å². The molecule has 0 unspecified atom stereocenters. The van der Waals surface area contributed by atoms with Gasteiger partial charge >= 0.3 is 6.55 Å². The van der Waals surface area contributed by atoms with Crippen LogP contribution in [0, 0.1) is 0 Å². The number of fused-ring (bicyclic) bond motifs is 1. The van der Waals surface area contributed by atoms with Crippen LogP contribution in [0.5, 0.6) is 0 Å². The molecule has 0 saturated carbocycles. The Hall–Kier alpha value is -3.59. The molecule has 5 rings (SSSR count). The number of morpholine rings is 1. The second-order valence-corrected chi connectivity index (χ2v) is 8.24. The third-order valence-electron chi connectivity index (χ3n) is 5.60. The number of pyridine rings is 2. The molecule has 1 fully saturated rings. The van der Waals surface area contributed by atoms with Gasteiger partial charge in [0, 0.05) is 36.2 Å². The summed E-state index contributed by atoms with van der Waals surface area (Å²) < 4.78 is 32.6. The Bertz CT molecular complexity index is 1270. The minimum atomic E-state index is -2.70. The van der Waals surface area contributed by atoms with Crippen molar-refractivity contribution in [3.63, 3.8) is 0 Å². The van der Waals surface area contributed by atoms with Crippen molar-refractivity contribution in [2.45, 2.75) is 32.6 Å². The van der Waals surface area contributed by atoms with E-state index in [4.69, 9.17) is 4.74 Å². The third-order valence-corrected chi connectivity index (χ3v) is 5.60. The van der Waals surface area contributed by atoms with E-state index in [-0.39, 0.29) is 12.2 Å². The minimum Gasteiger partial charge on any atom is -0.372 e. The summed E-state index contributed by atoms with van der Waals surface area (Å²) in [5, 5.41) is 7.09. The van der Waals surface area contributed by atoms with Crippen molar-refractivity contribution in [2.75, 3.05) is 23.3 Å². The zero-order valence-electron chi connectivity index (χ0n) is 18.3. The molecule has 4 aromatic rings. The lowest BCUT2D eigenvalue weighted by molar-refractivity contribution is -0.00521. The molecule has 1 aliphatic heterocycles. The normalized spacial score (nSPS) is 18.8. The lowest BCUT2D eigenvalue weighted by Crippen LogP contribution is -2.45. The van der Waals surface area contributed by atoms with Crippen LogP contribution in [0.15, 0.2) is 60.9 Å². The van der Waals surface area contributed by atoms with Gasteiger partial charge in [0.05, 0.1) is 29.6 Å². The van der Waals surface area contributed by atoms with E-state index >= 15 is 0 Å². The van der Waals surface area contributed by atoms with Crippen LogP contribution in [0.4, 0.5) is 26.0 Å². The van der Waals surface area contributed by atoms with Gasteiger partial charge in [0.15, 0.2) is 0 Å². The Morgan fingerprint density at radius 3 is 2.67 bits per heavy atom. The van der Waals surface area contributed by atoms with Crippen LogP contribution < -0.4 is 10.2 Å². The Morgan fingerprint density at radius 1 is 1.06 bits per heavy atom. The molecule has 7 nitrogen and oxygen atoms in total. The van der Waals surface area contributed by atoms with Crippen LogP contribution >= 0.6 is 0 Å². The molecule has 1 aliphatic rings. The highest BCUT2D eigenvalue weighted by Crippen LogP contribution is 2.28. The number of rotatable bonds is 5. The first-order valence-corrected chi connectivity index (χ1v) is 10.8. The van der Waals surface area contributed by atoms with E-state index in [0.717, 1.165) is 30.0 Å². The fraction of sp³-hybridized carbons (Fsp3) is 0.292. The number of nitrogens with zero attached hydrogens (tertiary/aromatic N) is 5. The van der Waals surface area contributed by atoms with Crippen molar-refractivity contribution in [2.24, 2.45) is 0 Å². The number of nitrogens with one attached hydrogen (secondary N) is 1. The summed E-state index contributed by atoms with van der Waals surface area (Å²) in [6.45, 7) is 3.16. The number of hydrogen-bond donors (Lipinski definition) is 1. The molecule has 1 N–H and O–H groups in total. The van der Waals surface area contributed by atoms with Crippen LogP contribution in [0.3, 0.4) is 0 Å². The van der Waals surface area contributed by atoms with Crippen molar-refractivity contribution >= 4 is 28.2 Å². The van der Waals surface area contributed by atoms with E-state index in [2.05, 4.69) is 51.3 Å². The molecular weight excluding hydrogens is 426 g/mol. The highest BCUT2D eigenvalue weighted by Gasteiger charge is 2.22. The average Bonchev–Trinajstić information content (AvgIpc) is 3.22. The number of alkyl halides is 2. The molecule has 0 aliphatic carbocycles. The molecule has 9 heteroatoms. The lowest BCUT2D eigenvalue weighted by atomic mass is 10.1. The van der Waals surface area contributed by atoms with E-state index in [1.165, 1.54) is 6.20 Å². The van der Waals surface area contributed by atoms with Gasteiger partial charge in [-0.25, -0.2) is 14.6 Å². The maximum Gasteiger partial charge on any atom is 0.333 e. The largest absolute Gasteiger partial charge is 0.372 e. The van der Waals surface area contributed by atoms with Gasteiger partial charge in [-0.2, -0.15) is 13.9 Å². The summed E-state index contributed by atoms with van der Waals surface area (Å²) in [6.07, 6.45) is 3.41. The zero-order valence-corrected chi connectivity index (χ0v) is 18.3. The summed E-state index contributed by atoms with van der Waals surface area (Å²) in [6, 6.07) is 15.2. The van der Waals surface area contributed by atoms with Gasteiger partial charge in [0.1, 0.15) is 11.3 Å². The number of anilines is 3. The van der Waals surface area contributed by atoms with Gasteiger partial charge in [0.25, 0.3) is 0 Å². The van der Waals surface area contributed by atoms with Crippen molar-refractivity contribution in [1.82, 2.24) is 19.7 Å². The molecule has 33 heavy (non-hydrogen) atoms. The number of ether oxygens (including phenoxy) is 1. The molecule has 1 aromatic carbocycles. The highest BCUT2D eigenvalue weighted by atomic mass is 19.3. The average molecular weight is 450 g/mol. The maximum absolute atomic E-state index is 13.0. The zero-order chi connectivity index (χ0) is 22.9. The SMILES string of the molecule is C[C@@H]1CN(c2cccc(Nc3cc(-c4ccc5c(cnn5C(F)F)n4)ccn3)c2)C[C@H](C)O1. The molecule has 170 valence electrons. The Kier molecular flexibility index (Phi) is 5.63. The molecule has 4 heterocycles. The smallest absolute Gasteiger partial charge is 0.333 e. The quantitative estimate of drug-likeness (QED) is 0.448. The fourth-order valence-electron chi connectivity index (χ4n) is 4.23. The Balaban J connectivity index is 1.37. The summed E-state index contributed by atoms with van der Waals surface area (Å²) in [5.41, 5.74) is 4.25. The number of halogens is 2. The fourth-order valence-corrected chi connectivity index (χ4v) is 4.23. The predicted molar refractivity (Wildman–Crippen MR) is 124 cm³/mol. The number of aromatic nitrogens is 4. The number of benzene rings is 1. The molecule has 0 radical (unpaired) electrons. The van der Waals surface area contributed by atoms with Crippen LogP contribution in [-0.4, -0.2) is 45.0 Å². The second-order valence-electron chi connectivity index (χ2n) is 8.24. The van der Waals surface area contributed by atoms with Gasteiger partial charge in [-0.3, -0.25) is 0 Å². The first-order valence-electron chi connectivity index (χ1n) is 10.8. The monoisotopic (exact) mass is 450 g/mol. The molecule has 0 spiro atoms. The van der Waals surface area contributed by atoms with Crippen LogP contribution in [0.2, 0.25) is 0 Å². The van der Waals surface area contributed by atoms with Gasteiger partial charge in [-0.05, 0) is 56.3 Å². The van der Waals surface area contributed by atoms with Gasteiger partial charge < -0.3 is 15.0 Å². The van der Waals surface area contributed by atoms with Gasteiger partial charge in [-0.1, -0.05) is 6.07 Å². The minimum absolute atomic E-state index is 0.182. The van der Waals surface area contributed by atoms with Crippen LogP contribution in [0.25, 0.3) is 22.3 Å². The van der Waals surface area contributed by atoms with Crippen molar-refractivity contribution in [3.05, 3.63) is 60.9 Å². The van der Waals surface area contributed by atoms with E-state index in [9.17, 15) is 8.78 Å². The summed E-state index contributed by atoms with van der Waals surface area (Å²) in [5.74, 6) is 0.665. The molecule has 3 aromatic heterocycles. The standard InChI is InChI=1S/C24H24F2N6O/c1-15-13-31(14-16(2)33-15)19-5-3-4-18(11-19)29-23-10-17(8-9-27-23)20-6-7-22-21(30-20)12-28-32(22)24(25)26/h3-12,15-16,24H,13-14H2,1-2H3,(H,27,29)/t15-,16+. The van der Waals surface area contributed by atoms with Gasteiger partial charge in [0.2, 0.25) is 0 Å². The molecule has 1 saturated heterocycles. The second kappa shape index (κ2) is 8.74. The molecule has 0 bridgehead atoms. The predicted octanol–water partition coefficient (Wildman–Crippen LogP) is 5.25. The van der Waals surface area contributed by atoms with E-state index in [0.29, 0.717) is 27.2 Å². The van der Waals surface area contributed by atoms with Crippen molar-refractivity contribution in [3.8, 4) is 11.3 Å². The van der Waals surface area contributed by atoms with E-state index in [1.807, 2.05) is 24.3 Å². The molecule has 2 atom stereocenters. The molecular formula is C24H24F2N6O. The van der Waals surface area contributed by atoms with Crippen LogP contribution in [0.1, 0.15) is 20.4 Å². The van der Waals surface area contributed by atoms with Crippen molar-refractivity contribution in [1.29, 1.82) is 0 Å². The van der Waals surface area contributed by atoms with E-state index < -0.39 is 6.55 Å².